The van der Waals surface area contributed by atoms with E-state index in [0.29, 0.717) is 0 Å². The maximum Gasteiger partial charge on any atom is 0.248 e. The van der Waals surface area contributed by atoms with E-state index in [0.717, 1.165) is 0 Å². The van der Waals surface area contributed by atoms with Crippen LogP contribution in [0.4, 0.5) is 0 Å². The summed E-state index contributed by atoms with van der Waals surface area (Å²) < 4.78 is 9.57. The SMILES string of the molecule is N[C@@H]1[C@@H](O)[C@H](O)[C@@H](CO)O[C@@]1(O)C(=O)C1OC(O)C(O)C(O)C1O. The van der Waals surface area contributed by atoms with Gasteiger partial charge >= 0.3 is 0 Å². The van der Waals surface area contributed by atoms with E-state index in [9.17, 15) is 40.5 Å². The van der Waals surface area contributed by atoms with Gasteiger partial charge in [0.05, 0.1) is 12.6 Å². The van der Waals surface area contributed by atoms with Crippen molar-refractivity contribution >= 4 is 5.78 Å². The predicted molar refractivity (Wildman–Crippen MR) is 70.8 cm³/mol. The maximum absolute atomic E-state index is 12.5. The first-order valence-corrected chi connectivity index (χ1v) is 7.11. The van der Waals surface area contributed by atoms with Gasteiger partial charge in [-0.2, -0.15) is 0 Å². The van der Waals surface area contributed by atoms with Gasteiger partial charge in [-0.25, -0.2) is 0 Å². The predicted octanol–water partition coefficient (Wildman–Crippen LogP) is -6.52. The van der Waals surface area contributed by atoms with Crippen LogP contribution in [0.5, 0.6) is 0 Å². The number of aliphatic hydroxyl groups is 8. The maximum atomic E-state index is 12.5. The number of Topliss-reactive ketones (excluding diaryl/α,β-unsaturated/α-hetero) is 1. The fraction of sp³-hybridized carbons (Fsp3) is 0.917. The van der Waals surface area contributed by atoms with Crippen LogP contribution >= 0.6 is 0 Å². The van der Waals surface area contributed by atoms with Crippen molar-refractivity contribution < 1.29 is 55.1 Å². The molecule has 5 unspecified atom stereocenters. The van der Waals surface area contributed by atoms with E-state index in [1.54, 1.807) is 0 Å². The van der Waals surface area contributed by atoms with Gasteiger partial charge in [-0.15, -0.1) is 0 Å². The van der Waals surface area contributed by atoms with Crippen LogP contribution in [0.1, 0.15) is 0 Å². The second kappa shape index (κ2) is 6.86. The molecule has 12 heteroatoms. The number of hydrogen-bond donors (Lipinski definition) is 9. The lowest BCUT2D eigenvalue weighted by atomic mass is 9.84. The van der Waals surface area contributed by atoms with Crippen molar-refractivity contribution in [2.24, 2.45) is 5.73 Å². The lowest BCUT2D eigenvalue weighted by Crippen LogP contribution is -2.74. The van der Waals surface area contributed by atoms with Crippen LogP contribution in [0, 0.1) is 0 Å². The molecule has 0 aromatic rings. The highest BCUT2D eigenvalue weighted by Crippen LogP contribution is 2.32. The van der Waals surface area contributed by atoms with Gasteiger partial charge in [-0.1, -0.05) is 0 Å². The zero-order valence-corrected chi connectivity index (χ0v) is 12.3. The fourth-order valence-electron chi connectivity index (χ4n) is 2.69. The lowest BCUT2D eigenvalue weighted by Gasteiger charge is -2.47. The molecule has 0 saturated carbocycles. The third kappa shape index (κ3) is 2.95. The Bertz CT molecular complexity index is 476. The molecule has 2 saturated heterocycles. The summed E-state index contributed by atoms with van der Waals surface area (Å²) in [6.07, 6.45) is -15.2. The van der Waals surface area contributed by atoms with E-state index in [1.807, 2.05) is 0 Å². The Balaban J connectivity index is 2.29. The molecule has 140 valence electrons. The molecular weight excluding hydrogens is 334 g/mol. The summed E-state index contributed by atoms with van der Waals surface area (Å²) >= 11 is 0. The van der Waals surface area contributed by atoms with Crippen molar-refractivity contribution in [2.45, 2.75) is 60.8 Å². The Hall–Kier alpha value is -0.770. The first-order valence-electron chi connectivity index (χ1n) is 7.11. The van der Waals surface area contributed by atoms with Crippen LogP contribution in [0.3, 0.4) is 0 Å². The Kier molecular flexibility index (Phi) is 5.59. The molecule has 10 N–H and O–H groups in total. The molecule has 2 aliphatic heterocycles. The molecule has 12 nitrogen and oxygen atoms in total. The molecule has 0 amide bonds. The summed E-state index contributed by atoms with van der Waals surface area (Å²) in [6, 6.07) is -1.89. The molecule has 0 bridgehead atoms. The molecule has 0 aromatic heterocycles. The van der Waals surface area contributed by atoms with Gasteiger partial charge in [0, 0.05) is 0 Å². The van der Waals surface area contributed by atoms with Crippen LogP contribution in [-0.4, -0.2) is 114 Å². The second-order valence-corrected chi connectivity index (χ2v) is 5.83. The number of nitrogens with two attached hydrogens (primary N) is 1. The topological polar surface area (TPSA) is 223 Å². The summed E-state index contributed by atoms with van der Waals surface area (Å²) in [6.45, 7) is -0.876. The summed E-state index contributed by atoms with van der Waals surface area (Å²) in [5.41, 5.74) is 5.51. The molecule has 2 rings (SSSR count). The van der Waals surface area contributed by atoms with Crippen molar-refractivity contribution in [1.29, 1.82) is 0 Å². The van der Waals surface area contributed by atoms with Gasteiger partial charge in [0.1, 0.15) is 36.6 Å². The van der Waals surface area contributed by atoms with Gasteiger partial charge in [0.2, 0.25) is 11.6 Å². The molecule has 2 aliphatic rings. The molecule has 2 fully saturated rings. The molecule has 24 heavy (non-hydrogen) atoms. The minimum atomic E-state index is -3.00. The summed E-state index contributed by atoms with van der Waals surface area (Å²) in [5.74, 6) is -4.48. The fourth-order valence-corrected chi connectivity index (χ4v) is 2.69. The van der Waals surface area contributed by atoms with Crippen LogP contribution in [0.2, 0.25) is 0 Å². The summed E-state index contributed by atoms with van der Waals surface area (Å²) in [5, 5.41) is 77.3. The Morgan fingerprint density at radius 3 is 2.08 bits per heavy atom. The van der Waals surface area contributed by atoms with Crippen molar-refractivity contribution in [1.82, 2.24) is 0 Å². The monoisotopic (exact) mass is 355 g/mol. The third-order valence-corrected chi connectivity index (χ3v) is 4.26. The zero-order chi connectivity index (χ0) is 18.4. The number of ether oxygens (including phenoxy) is 2. The number of rotatable bonds is 3. The average Bonchev–Trinajstić information content (AvgIpc) is 2.56. The minimum Gasteiger partial charge on any atom is -0.394 e. The second-order valence-electron chi connectivity index (χ2n) is 5.83. The van der Waals surface area contributed by atoms with Gasteiger partial charge in [0.25, 0.3) is 0 Å². The van der Waals surface area contributed by atoms with Crippen molar-refractivity contribution in [3.8, 4) is 0 Å². The molecule has 0 aliphatic carbocycles. The number of aliphatic hydroxyl groups excluding tert-OH is 7. The highest BCUT2D eigenvalue weighted by Gasteiger charge is 2.60. The van der Waals surface area contributed by atoms with Gasteiger partial charge < -0.3 is 56.1 Å². The van der Waals surface area contributed by atoms with E-state index in [1.165, 1.54) is 0 Å². The smallest absolute Gasteiger partial charge is 0.248 e. The first-order chi connectivity index (χ1) is 11.1. The van der Waals surface area contributed by atoms with Gasteiger partial charge in [-0.3, -0.25) is 4.79 Å². The largest absolute Gasteiger partial charge is 0.394 e. The van der Waals surface area contributed by atoms with E-state index in [2.05, 4.69) is 4.74 Å². The molecule has 0 spiro atoms. The highest BCUT2D eigenvalue weighted by atomic mass is 16.7. The molecule has 10 atom stereocenters. The highest BCUT2D eigenvalue weighted by molar-refractivity contribution is 5.91. The van der Waals surface area contributed by atoms with Crippen molar-refractivity contribution in [3.63, 3.8) is 0 Å². The molecular formula is C12H21NO11. The Morgan fingerprint density at radius 2 is 1.54 bits per heavy atom. The number of ketones is 1. The standard InChI is InChI=1S/C12H21NO11/c13-9-6(18)3(15)2(1-14)24-12(9,22)10(20)8-5(17)4(16)7(19)11(21)23-8/h2-9,11,14-19,21-22H,1,13H2/t2-,3-,4?,5?,6+,7?,8?,9-,11?,12-/m1/s1. The number of carbonyl (C=O) groups excluding carboxylic acids is 1. The zero-order valence-electron chi connectivity index (χ0n) is 12.3. The molecule has 0 radical (unpaired) electrons. The van der Waals surface area contributed by atoms with Crippen LogP contribution in [-0.2, 0) is 14.3 Å². The van der Waals surface area contributed by atoms with Gasteiger partial charge in [0.15, 0.2) is 12.4 Å². The summed E-state index contributed by atoms with van der Waals surface area (Å²) in [7, 11) is 0. The van der Waals surface area contributed by atoms with E-state index < -0.39 is 73.2 Å². The third-order valence-electron chi connectivity index (χ3n) is 4.26. The van der Waals surface area contributed by atoms with Crippen molar-refractivity contribution in [2.75, 3.05) is 6.61 Å². The quantitative estimate of drug-likeness (QED) is 0.230. The van der Waals surface area contributed by atoms with E-state index in [-0.39, 0.29) is 0 Å². The molecule has 2 heterocycles. The van der Waals surface area contributed by atoms with Crippen LogP contribution < -0.4 is 5.73 Å². The van der Waals surface area contributed by atoms with Crippen molar-refractivity contribution in [3.05, 3.63) is 0 Å². The lowest BCUT2D eigenvalue weighted by molar-refractivity contribution is -0.316. The van der Waals surface area contributed by atoms with E-state index in [4.69, 9.17) is 15.6 Å². The van der Waals surface area contributed by atoms with Crippen LogP contribution in [0.15, 0.2) is 0 Å². The van der Waals surface area contributed by atoms with Crippen LogP contribution in [0.25, 0.3) is 0 Å². The summed E-state index contributed by atoms with van der Waals surface area (Å²) in [4.78, 5) is 12.5. The minimum absolute atomic E-state index is 0.876. The molecule has 0 aromatic carbocycles. The first kappa shape index (κ1) is 19.6. The number of carbonyl (C=O) groups is 1. The average molecular weight is 355 g/mol. The van der Waals surface area contributed by atoms with Gasteiger partial charge in [-0.05, 0) is 0 Å². The Morgan fingerprint density at radius 1 is 0.958 bits per heavy atom. The Labute approximate surface area is 135 Å². The number of hydrogen-bond acceptors (Lipinski definition) is 12. The normalized spacial score (nSPS) is 53.0. The van der Waals surface area contributed by atoms with E-state index >= 15 is 0 Å².